The highest BCUT2D eigenvalue weighted by Crippen LogP contribution is 2.15. The van der Waals surface area contributed by atoms with Gasteiger partial charge in [0.05, 0.1) is 0 Å². The van der Waals surface area contributed by atoms with Gasteiger partial charge in [-0.15, -0.1) is 0 Å². The molecule has 6 nitrogen and oxygen atoms in total. The number of unbranched alkanes of at least 4 members (excludes halogenated alkanes) is 24. The van der Waals surface area contributed by atoms with Crippen LogP contribution in [0.1, 0.15) is 271 Å². The van der Waals surface area contributed by atoms with Crippen LogP contribution < -0.4 is 0 Å². The number of carbonyl (C=O) groups excluding carboxylic acids is 3. The van der Waals surface area contributed by atoms with Crippen LogP contribution in [0.3, 0.4) is 0 Å². The first-order valence-electron chi connectivity index (χ1n) is 29.9. The minimum Gasteiger partial charge on any atom is -0.462 e. The van der Waals surface area contributed by atoms with E-state index in [0.29, 0.717) is 19.3 Å². The highest BCUT2D eigenvalue weighted by molar-refractivity contribution is 5.71. The lowest BCUT2D eigenvalue weighted by molar-refractivity contribution is -0.167. The van der Waals surface area contributed by atoms with Crippen LogP contribution in [0.2, 0.25) is 0 Å². The van der Waals surface area contributed by atoms with Crippen molar-refractivity contribution in [3.63, 3.8) is 0 Å². The van der Waals surface area contributed by atoms with Crippen molar-refractivity contribution >= 4 is 17.9 Å². The normalized spacial score (nSPS) is 12.9. The minimum absolute atomic E-state index is 0.0955. The number of hydrogen-bond acceptors (Lipinski definition) is 6. The zero-order valence-corrected chi connectivity index (χ0v) is 46.9. The SMILES string of the molecule is CC/C=C\C/C=C\C/C=C\C/C=C\C/C=C\C/C=C\C/C=C\CCCCCC(=O)OCC(COC(=O)CCCCCCC/C=C\C/C=C\CCCC)OC(=O)CCCCCCCCCCCCCCCCC. The summed E-state index contributed by atoms with van der Waals surface area (Å²) in [6.07, 6.45) is 80.8. The molecule has 0 aromatic heterocycles. The van der Waals surface area contributed by atoms with Crippen LogP contribution >= 0.6 is 0 Å². The third-order valence-electron chi connectivity index (χ3n) is 12.5. The second-order valence-corrected chi connectivity index (χ2v) is 19.5. The highest BCUT2D eigenvalue weighted by Gasteiger charge is 2.19. The van der Waals surface area contributed by atoms with Crippen molar-refractivity contribution in [1.29, 1.82) is 0 Å². The second kappa shape index (κ2) is 59.6. The zero-order valence-electron chi connectivity index (χ0n) is 46.9. The Morgan fingerprint density at radius 2 is 0.556 bits per heavy atom. The average Bonchev–Trinajstić information content (AvgIpc) is 3.38. The van der Waals surface area contributed by atoms with Crippen LogP contribution in [0, 0.1) is 0 Å². The van der Waals surface area contributed by atoms with Crippen molar-refractivity contribution in [1.82, 2.24) is 0 Å². The van der Waals surface area contributed by atoms with Crippen molar-refractivity contribution in [2.24, 2.45) is 0 Å². The van der Waals surface area contributed by atoms with Crippen LogP contribution in [-0.4, -0.2) is 37.2 Å². The predicted octanol–water partition coefficient (Wildman–Crippen LogP) is 20.3. The molecule has 0 saturated carbocycles. The molecule has 0 aromatic rings. The van der Waals surface area contributed by atoms with Gasteiger partial charge in [-0.25, -0.2) is 0 Å². The molecule has 0 amide bonds. The number of esters is 3. The molecule has 72 heavy (non-hydrogen) atoms. The molecule has 0 N–H and O–H groups in total. The van der Waals surface area contributed by atoms with Crippen molar-refractivity contribution in [3.8, 4) is 0 Å². The summed E-state index contributed by atoms with van der Waals surface area (Å²) in [5, 5.41) is 0. The highest BCUT2D eigenvalue weighted by atomic mass is 16.6. The molecular weight excluding hydrogens is 889 g/mol. The van der Waals surface area contributed by atoms with E-state index in [1.807, 2.05) is 0 Å². The topological polar surface area (TPSA) is 78.9 Å². The summed E-state index contributed by atoms with van der Waals surface area (Å²) in [4.78, 5) is 38.2. The third-order valence-corrected chi connectivity index (χ3v) is 12.5. The van der Waals surface area contributed by atoms with E-state index >= 15 is 0 Å². The van der Waals surface area contributed by atoms with Gasteiger partial charge < -0.3 is 14.2 Å². The largest absolute Gasteiger partial charge is 0.462 e. The van der Waals surface area contributed by atoms with Gasteiger partial charge >= 0.3 is 17.9 Å². The average molecular weight is 1000 g/mol. The molecule has 6 heteroatoms. The van der Waals surface area contributed by atoms with Gasteiger partial charge in [0.15, 0.2) is 6.10 Å². The van der Waals surface area contributed by atoms with Crippen molar-refractivity contribution < 1.29 is 28.6 Å². The lowest BCUT2D eigenvalue weighted by Gasteiger charge is -2.18. The van der Waals surface area contributed by atoms with Crippen molar-refractivity contribution in [2.75, 3.05) is 13.2 Å². The Morgan fingerprint density at radius 1 is 0.292 bits per heavy atom. The standard InChI is InChI=1S/C66H110O6/c1-4-7-10-13-16-19-22-25-28-29-30-31-32-33-34-35-36-37-39-41-44-47-50-53-56-59-65(68)71-62-63(61-70-64(67)58-55-52-49-46-43-40-27-24-21-18-15-12-9-6-3)72-66(69)60-57-54-51-48-45-42-38-26-23-20-17-14-11-8-5-2/h7,10,15-16,18-19,24-25,27-28,30-31,33-34,36-37,41,44,63H,4-6,8-9,11-14,17,20-23,26,29,32,35,38-40,42-43,45-62H2,1-3H3/b10-7-,18-15-,19-16-,27-24-,28-25-,31-30-,34-33-,37-36-,44-41-. The van der Waals surface area contributed by atoms with Gasteiger partial charge in [0.2, 0.25) is 0 Å². The molecule has 0 spiro atoms. The fourth-order valence-electron chi connectivity index (χ4n) is 8.03. The number of rotatable bonds is 53. The molecule has 0 radical (unpaired) electrons. The van der Waals surface area contributed by atoms with Crippen molar-refractivity contribution in [3.05, 3.63) is 109 Å². The molecule has 1 unspecified atom stereocenters. The first kappa shape index (κ1) is 68.1. The molecule has 0 fully saturated rings. The van der Waals surface area contributed by atoms with Crippen LogP contribution in [0.4, 0.5) is 0 Å². The lowest BCUT2D eigenvalue weighted by atomic mass is 10.0. The molecule has 0 bridgehead atoms. The molecule has 410 valence electrons. The second-order valence-electron chi connectivity index (χ2n) is 19.5. The van der Waals surface area contributed by atoms with E-state index in [1.54, 1.807) is 0 Å². The molecule has 0 aromatic carbocycles. The van der Waals surface area contributed by atoms with E-state index in [1.165, 1.54) is 96.3 Å². The quantitative estimate of drug-likeness (QED) is 0.0261. The zero-order chi connectivity index (χ0) is 52.2. The summed E-state index contributed by atoms with van der Waals surface area (Å²) in [7, 11) is 0. The molecule has 0 saturated heterocycles. The smallest absolute Gasteiger partial charge is 0.306 e. The summed E-state index contributed by atoms with van der Waals surface area (Å²) in [5.41, 5.74) is 0. The summed E-state index contributed by atoms with van der Waals surface area (Å²) in [6.45, 7) is 6.46. The van der Waals surface area contributed by atoms with Gasteiger partial charge in [0.1, 0.15) is 13.2 Å². The molecule has 0 aliphatic rings. The third kappa shape index (κ3) is 57.0. The molecule has 0 aliphatic heterocycles. The van der Waals surface area contributed by atoms with Gasteiger partial charge in [0.25, 0.3) is 0 Å². The number of carbonyl (C=O) groups is 3. The van der Waals surface area contributed by atoms with Crippen LogP contribution in [0.5, 0.6) is 0 Å². The fraction of sp³-hybridized carbons (Fsp3) is 0.682. The van der Waals surface area contributed by atoms with Crippen LogP contribution in [0.15, 0.2) is 109 Å². The Bertz CT molecular complexity index is 1470. The Morgan fingerprint density at radius 3 is 0.903 bits per heavy atom. The maximum atomic E-state index is 12.9. The molecular formula is C66H110O6. The van der Waals surface area contributed by atoms with Crippen molar-refractivity contribution in [2.45, 2.75) is 277 Å². The van der Waals surface area contributed by atoms with Gasteiger partial charge in [-0.05, 0) is 103 Å². The minimum atomic E-state index is -0.798. The maximum absolute atomic E-state index is 12.9. The van der Waals surface area contributed by atoms with Crippen LogP contribution in [-0.2, 0) is 28.6 Å². The van der Waals surface area contributed by atoms with E-state index in [4.69, 9.17) is 14.2 Å². The first-order valence-corrected chi connectivity index (χ1v) is 29.9. The van der Waals surface area contributed by atoms with E-state index in [-0.39, 0.29) is 31.1 Å². The van der Waals surface area contributed by atoms with E-state index in [0.717, 1.165) is 135 Å². The molecule has 0 rings (SSSR count). The predicted molar refractivity (Wildman–Crippen MR) is 311 cm³/mol. The monoisotopic (exact) mass is 999 g/mol. The summed E-state index contributed by atoms with van der Waals surface area (Å²) in [5.74, 6) is -0.937. The Kier molecular flexibility index (Phi) is 56.4. The van der Waals surface area contributed by atoms with Gasteiger partial charge in [-0.2, -0.15) is 0 Å². The Labute approximate surface area is 444 Å². The van der Waals surface area contributed by atoms with E-state index in [9.17, 15) is 14.4 Å². The van der Waals surface area contributed by atoms with E-state index in [2.05, 4.69) is 130 Å². The van der Waals surface area contributed by atoms with Gasteiger partial charge in [-0.3, -0.25) is 14.4 Å². The summed E-state index contributed by atoms with van der Waals surface area (Å²) >= 11 is 0. The molecule has 0 aliphatic carbocycles. The summed E-state index contributed by atoms with van der Waals surface area (Å²) < 4.78 is 16.8. The van der Waals surface area contributed by atoms with Crippen LogP contribution in [0.25, 0.3) is 0 Å². The number of allylic oxidation sites excluding steroid dienone is 18. The van der Waals surface area contributed by atoms with E-state index < -0.39 is 6.10 Å². The van der Waals surface area contributed by atoms with Gasteiger partial charge in [-0.1, -0.05) is 259 Å². The Balaban J connectivity index is 4.43. The molecule has 1 atom stereocenters. The summed E-state index contributed by atoms with van der Waals surface area (Å²) in [6, 6.07) is 0. The number of hydrogen-bond donors (Lipinski definition) is 0. The maximum Gasteiger partial charge on any atom is 0.306 e. The lowest BCUT2D eigenvalue weighted by Crippen LogP contribution is -2.30. The molecule has 0 heterocycles. The Hall–Kier alpha value is -3.93. The first-order chi connectivity index (χ1) is 35.5. The fourth-order valence-corrected chi connectivity index (χ4v) is 8.03. The van der Waals surface area contributed by atoms with Gasteiger partial charge in [0, 0.05) is 19.3 Å². The number of ether oxygens (including phenoxy) is 3.